The molecule has 5 nitrogen and oxygen atoms in total. The minimum atomic E-state index is -3.57. The number of esters is 1. The van der Waals surface area contributed by atoms with Crippen molar-refractivity contribution in [3.63, 3.8) is 0 Å². The smallest absolute Gasteiger partial charge is 0.309 e. The normalized spacial score (nSPS) is 17.2. The maximum atomic E-state index is 12.8. The monoisotopic (exact) mass is 359 g/mol. The minimum Gasteiger partial charge on any atom is -0.466 e. The SMILES string of the molecule is CCOC(=O)C1CCN(S(=O)(=O)c2cc(C)c(Cl)cc2C)CC1. The van der Waals surface area contributed by atoms with Gasteiger partial charge in [0, 0.05) is 18.1 Å². The first-order chi connectivity index (χ1) is 10.8. The van der Waals surface area contributed by atoms with E-state index in [2.05, 4.69) is 0 Å². The predicted molar refractivity (Wildman–Crippen MR) is 89.0 cm³/mol. The molecule has 2 rings (SSSR count). The van der Waals surface area contributed by atoms with Crippen molar-refractivity contribution in [2.24, 2.45) is 5.92 Å². The summed E-state index contributed by atoms with van der Waals surface area (Å²) in [6.45, 7) is 6.29. The summed E-state index contributed by atoms with van der Waals surface area (Å²) in [5.41, 5.74) is 1.37. The Morgan fingerprint density at radius 3 is 2.43 bits per heavy atom. The summed E-state index contributed by atoms with van der Waals surface area (Å²) in [6, 6.07) is 3.29. The zero-order valence-electron chi connectivity index (χ0n) is 13.6. The number of hydrogen-bond donors (Lipinski definition) is 0. The van der Waals surface area contributed by atoms with Crippen molar-refractivity contribution in [1.29, 1.82) is 0 Å². The third-order valence-electron chi connectivity index (χ3n) is 4.15. The number of sulfonamides is 1. The van der Waals surface area contributed by atoms with Gasteiger partial charge in [-0.15, -0.1) is 0 Å². The zero-order chi connectivity index (χ0) is 17.2. The van der Waals surface area contributed by atoms with Crippen LogP contribution < -0.4 is 0 Å². The van der Waals surface area contributed by atoms with E-state index < -0.39 is 10.0 Å². The highest BCUT2D eigenvalue weighted by Crippen LogP contribution is 2.29. The molecule has 0 aromatic heterocycles. The lowest BCUT2D eigenvalue weighted by Crippen LogP contribution is -2.40. The van der Waals surface area contributed by atoms with Crippen LogP contribution in [0, 0.1) is 19.8 Å². The maximum absolute atomic E-state index is 12.8. The van der Waals surface area contributed by atoms with E-state index >= 15 is 0 Å². The van der Waals surface area contributed by atoms with Crippen molar-refractivity contribution in [2.75, 3.05) is 19.7 Å². The number of rotatable bonds is 4. The molecule has 1 aliphatic rings. The van der Waals surface area contributed by atoms with E-state index in [-0.39, 0.29) is 16.8 Å². The Morgan fingerprint density at radius 2 is 1.87 bits per heavy atom. The average molecular weight is 360 g/mol. The van der Waals surface area contributed by atoms with Crippen LogP contribution in [0.5, 0.6) is 0 Å². The molecule has 1 aliphatic heterocycles. The molecule has 0 unspecified atom stereocenters. The molecule has 1 heterocycles. The summed E-state index contributed by atoms with van der Waals surface area (Å²) in [7, 11) is -3.57. The topological polar surface area (TPSA) is 63.7 Å². The van der Waals surface area contributed by atoms with E-state index in [4.69, 9.17) is 16.3 Å². The van der Waals surface area contributed by atoms with Crippen LogP contribution in [0.4, 0.5) is 0 Å². The number of carbonyl (C=O) groups excluding carboxylic acids is 1. The van der Waals surface area contributed by atoms with Crippen molar-refractivity contribution in [2.45, 2.75) is 38.5 Å². The summed E-state index contributed by atoms with van der Waals surface area (Å²) in [4.78, 5) is 12.0. The minimum absolute atomic E-state index is 0.213. The summed E-state index contributed by atoms with van der Waals surface area (Å²) in [5, 5.41) is 0.558. The molecule has 0 radical (unpaired) electrons. The second-order valence-electron chi connectivity index (χ2n) is 5.80. The highest BCUT2D eigenvalue weighted by Gasteiger charge is 2.33. The van der Waals surface area contributed by atoms with Gasteiger partial charge in [0.05, 0.1) is 17.4 Å². The molecule has 23 heavy (non-hydrogen) atoms. The third-order valence-corrected chi connectivity index (χ3v) is 6.60. The van der Waals surface area contributed by atoms with Gasteiger partial charge >= 0.3 is 5.97 Å². The molecule has 1 fully saturated rings. The fraction of sp³-hybridized carbons (Fsp3) is 0.562. The first-order valence-corrected chi connectivity index (χ1v) is 9.52. The standard InChI is InChI=1S/C16H22ClNO4S/c1-4-22-16(19)13-5-7-18(8-6-13)23(20,21)15-10-11(2)14(17)9-12(15)3/h9-10,13H,4-8H2,1-3H3. The number of nitrogens with zero attached hydrogens (tertiary/aromatic N) is 1. The van der Waals surface area contributed by atoms with Gasteiger partial charge in [0.2, 0.25) is 10.0 Å². The van der Waals surface area contributed by atoms with Crippen molar-refractivity contribution < 1.29 is 17.9 Å². The summed E-state index contributed by atoms with van der Waals surface area (Å²) in [6.07, 6.45) is 0.980. The lowest BCUT2D eigenvalue weighted by Gasteiger charge is -2.30. The molecule has 0 atom stereocenters. The third kappa shape index (κ3) is 3.87. The molecule has 0 saturated carbocycles. The van der Waals surface area contributed by atoms with Crippen LogP contribution in [0.2, 0.25) is 5.02 Å². The van der Waals surface area contributed by atoms with Gasteiger partial charge in [-0.3, -0.25) is 4.79 Å². The molecule has 0 bridgehead atoms. The van der Waals surface area contributed by atoms with Gasteiger partial charge in [-0.1, -0.05) is 11.6 Å². The maximum Gasteiger partial charge on any atom is 0.309 e. The molecule has 1 aromatic rings. The molecular weight excluding hydrogens is 338 g/mol. The number of aryl methyl sites for hydroxylation is 2. The van der Waals surface area contributed by atoms with Gasteiger partial charge in [-0.2, -0.15) is 4.31 Å². The van der Waals surface area contributed by atoms with E-state index in [1.165, 1.54) is 4.31 Å². The fourth-order valence-corrected chi connectivity index (χ4v) is 4.74. The first-order valence-electron chi connectivity index (χ1n) is 7.71. The number of halogens is 1. The molecule has 0 amide bonds. The van der Waals surface area contributed by atoms with E-state index in [1.54, 1.807) is 32.9 Å². The average Bonchev–Trinajstić information content (AvgIpc) is 2.51. The quantitative estimate of drug-likeness (QED) is 0.775. The second-order valence-corrected chi connectivity index (χ2v) is 8.11. The van der Waals surface area contributed by atoms with Crippen LogP contribution in [0.25, 0.3) is 0 Å². The van der Waals surface area contributed by atoms with Crippen LogP contribution in [0.15, 0.2) is 17.0 Å². The fourth-order valence-electron chi connectivity index (χ4n) is 2.76. The van der Waals surface area contributed by atoms with Gasteiger partial charge in [-0.05, 0) is 56.9 Å². The van der Waals surface area contributed by atoms with E-state index in [0.717, 1.165) is 5.56 Å². The van der Waals surface area contributed by atoms with Gasteiger partial charge in [0.15, 0.2) is 0 Å². The lowest BCUT2D eigenvalue weighted by molar-refractivity contribution is -0.149. The molecule has 0 aliphatic carbocycles. The Bertz CT molecular complexity index is 694. The van der Waals surface area contributed by atoms with E-state index in [0.29, 0.717) is 43.1 Å². The van der Waals surface area contributed by atoms with Crippen LogP contribution in [-0.2, 0) is 19.6 Å². The number of benzene rings is 1. The molecule has 1 saturated heterocycles. The van der Waals surface area contributed by atoms with Gasteiger partial charge in [0.25, 0.3) is 0 Å². The Hall–Kier alpha value is -1.11. The Morgan fingerprint density at radius 1 is 1.26 bits per heavy atom. The first kappa shape index (κ1) is 18.2. The molecule has 0 N–H and O–H groups in total. The van der Waals surface area contributed by atoms with E-state index in [9.17, 15) is 13.2 Å². The Balaban J connectivity index is 2.17. The molecule has 7 heteroatoms. The Kier molecular flexibility index (Phi) is 5.70. The molecule has 128 valence electrons. The van der Waals surface area contributed by atoms with Crippen molar-refractivity contribution in [3.05, 3.63) is 28.3 Å². The van der Waals surface area contributed by atoms with Crippen LogP contribution in [0.3, 0.4) is 0 Å². The van der Waals surface area contributed by atoms with Crippen molar-refractivity contribution in [1.82, 2.24) is 4.31 Å². The van der Waals surface area contributed by atoms with Crippen LogP contribution in [-0.4, -0.2) is 38.4 Å². The van der Waals surface area contributed by atoms with Crippen molar-refractivity contribution in [3.8, 4) is 0 Å². The summed E-state index contributed by atoms with van der Waals surface area (Å²) >= 11 is 6.05. The largest absolute Gasteiger partial charge is 0.466 e. The van der Waals surface area contributed by atoms with Gasteiger partial charge < -0.3 is 4.74 Å². The number of piperidine rings is 1. The van der Waals surface area contributed by atoms with Gasteiger partial charge in [0.1, 0.15) is 0 Å². The second kappa shape index (κ2) is 7.20. The van der Waals surface area contributed by atoms with E-state index in [1.807, 2.05) is 0 Å². The van der Waals surface area contributed by atoms with Crippen LogP contribution >= 0.6 is 11.6 Å². The number of hydrogen-bond acceptors (Lipinski definition) is 4. The number of ether oxygens (including phenoxy) is 1. The molecule has 0 spiro atoms. The van der Waals surface area contributed by atoms with Crippen LogP contribution in [0.1, 0.15) is 30.9 Å². The summed E-state index contributed by atoms with van der Waals surface area (Å²) < 4.78 is 32.1. The summed E-state index contributed by atoms with van der Waals surface area (Å²) in [5.74, 6) is -0.447. The number of carbonyl (C=O) groups is 1. The zero-order valence-corrected chi connectivity index (χ0v) is 15.2. The van der Waals surface area contributed by atoms with Gasteiger partial charge in [-0.25, -0.2) is 8.42 Å². The highest BCUT2D eigenvalue weighted by atomic mass is 35.5. The Labute approximate surface area is 142 Å². The predicted octanol–water partition coefficient (Wildman–Crippen LogP) is 2.92. The molecular formula is C16H22ClNO4S. The van der Waals surface area contributed by atoms with Crippen molar-refractivity contribution >= 4 is 27.6 Å². The highest BCUT2D eigenvalue weighted by molar-refractivity contribution is 7.89. The lowest BCUT2D eigenvalue weighted by atomic mass is 9.98. The molecule has 1 aromatic carbocycles.